The van der Waals surface area contributed by atoms with Gasteiger partial charge in [-0.25, -0.2) is 14.4 Å². The largest absolute Gasteiger partial charge is 0.507 e. The molecule has 0 amide bonds. The number of ether oxygens (including phenoxy) is 1. The highest BCUT2D eigenvalue weighted by molar-refractivity contribution is 6.45. The lowest BCUT2D eigenvalue weighted by Gasteiger charge is -2.57. The molecule has 0 radical (unpaired) electrons. The summed E-state index contributed by atoms with van der Waals surface area (Å²) < 4.78 is 23.0. The second-order valence-corrected chi connectivity index (χ2v) is 9.10. The van der Waals surface area contributed by atoms with Gasteiger partial charge in [0.2, 0.25) is 0 Å². The number of alkyl halides is 1. The van der Waals surface area contributed by atoms with Crippen LogP contribution < -0.4 is 4.74 Å². The van der Waals surface area contributed by atoms with Gasteiger partial charge in [0.25, 0.3) is 0 Å². The van der Waals surface area contributed by atoms with Gasteiger partial charge in [-0.2, -0.15) is 0 Å². The molecule has 2 saturated heterocycles. The second-order valence-electron chi connectivity index (χ2n) is 9.10. The van der Waals surface area contributed by atoms with E-state index in [2.05, 4.69) is 20.2 Å². The third kappa shape index (κ3) is 3.95. The summed E-state index contributed by atoms with van der Waals surface area (Å²) in [5.41, 5.74) is 1.26. The molecular formula is C22H26BFN6O3. The number of fused-ring (bicyclic) bond motifs is 2. The Labute approximate surface area is 191 Å². The monoisotopic (exact) mass is 452 g/mol. The van der Waals surface area contributed by atoms with Crippen molar-refractivity contribution in [2.24, 2.45) is 0 Å². The van der Waals surface area contributed by atoms with Gasteiger partial charge in [-0.15, -0.1) is 5.10 Å². The molecule has 0 aliphatic carbocycles. The Balaban J connectivity index is 1.33. The molecule has 0 saturated carbocycles. The van der Waals surface area contributed by atoms with E-state index >= 15 is 4.39 Å². The van der Waals surface area contributed by atoms with E-state index in [1.807, 2.05) is 17.8 Å². The van der Waals surface area contributed by atoms with Crippen LogP contribution in [0.15, 0.2) is 43.1 Å². The number of phenolic OH excluding ortho intramolecular Hbond substituents is 1. The number of nitrogens with zero attached hydrogens (tertiary/aromatic N) is 6. The van der Waals surface area contributed by atoms with Crippen molar-refractivity contribution in [2.45, 2.75) is 63.3 Å². The van der Waals surface area contributed by atoms with Crippen LogP contribution in [0.3, 0.4) is 0 Å². The molecule has 0 spiro atoms. The van der Waals surface area contributed by atoms with E-state index in [4.69, 9.17) is 4.74 Å². The summed E-state index contributed by atoms with van der Waals surface area (Å²) in [6.07, 6.45) is 7.44. The normalized spacial score (nSPS) is 27.3. The van der Waals surface area contributed by atoms with E-state index in [0.717, 1.165) is 18.5 Å². The number of hydrogen-bond donors (Lipinski definition) is 2. The van der Waals surface area contributed by atoms with Gasteiger partial charge < -0.3 is 24.2 Å². The standard InChI is InChI=1S/C22H26BFN6O3/c1-22-7-3-4-17(30(22)23(2)32)20(24)19(11-22)33-21-26-12-16(27-28-21)15-6-5-14(10-18(15)31)29-9-8-25-13-29/h5-6,8-10,12-13,17,19-20,31-32H,3-4,7,11H2,1-2H3/t17-,19+,20-,22+/m1/s1. The van der Waals surface area contributed by atoms with Crippen molar-refractivity contribution in [3.05, 3.63) is 43.1 Å². The van der Waals surface area contributed by atoms with Crippen molar-refractivity contribution in [1.29, 1.82) is 0 Å². The average Bonchev–Trinajstić information content (AvgIpc) is 3.32. The highest BCUT2D eigenvalue weighted by atomic mass is 19.1. The summed E-state index contributed by atoms with van der Waals surface area (Å²) in [7, 11) is -0.718. The maximum absolute atomic E-state index is 15.3. The smallest absolute Gasteiger partial charge is 0.377 e. The number of aromatic nitrogens is 5. The minimum absolute atomic E-state index is 0.00639. The number of aromatic hydroxyl groups is 1. The molecule has 3 aromatic rings. The first-order valence-electron chi connectivity index (χ1n) is 11.1. The molecule has 2 bridgehead atoms. The van der Waals surface area contributed by atoms with Crippen LogP contribution in [-0.4, -0.2) is 70.6 Å². The van der Waals surface area contributed by atoms with E-state index in [0.29, 0.717) is 24.1 Å². The van der Waals surface area contributed by atoms with E-state index in [1.165, 1.54) is 6.20 Å². The first-order valence-corrected chi connectivity index (χ1v) is 11.1. The molecule has 11 heteroatoms. The van der Waals surface area contributed by atoms with Gasteiger partial charge in [-0.3, -0.25) is 0 Å². The summed E-state index contributed by atoms with van der Waals surface area (Å²) in [5.74, 6) is 0.0287. The molecule has 2 N–H and O–H groups in total. The Bertz CT molecular complexity index is 1120. The lowest BCUT2D eigenvalue weighted by molar-refractivity contribution is -0.0850. The molecule has 2 fully saturated rings. The molecule has 33 heavy (non-hydrogen) atoms. The number of halogens is 1. The molecule has 2 aromatic heterocycles. The van der Waals surface area contributed by atoms with E-state index in [9.17, 15) is 10.1 Å². The van der Waals surface area contributed by atoms with Crippen molar-refractivity contribution >= 4 is 7.05 Å². The van der Waals surface area contributed by atoms with Crippen LogP contribution in [0.4, 0.5) is 4.39 Å². The minimum atomic E-state index is -1.27. The minimum Gasteiger partial charge on any atom is -0.507 e. The number of rotatable bonds is 5. The zero-order chi connectivity index (χ0) is 23.2. The Morgan fingerprint density at radius 2 is 2.15 bits per heavy atom. The van der Waals surface area contributed by atoms with Gasteiger partial charge in [-0.1, -0.05) is 11.5 Å². The van der Waals surface area contributed by atoms with Gasteiger partial charge in [0, 0.05) is 42.0 Å². The summed E-state index contributed by atoms with van der Waals surface area (Å²) in [6, 6.07) is 4.74. The number of benzene rings is 1. The Morgan fingerprint density at radius 3 is 2.82 bits per heavy atom. The number of phenols is 1. The summed E-state index contributed by atoms with van der Waals surface area (Å²) in [4.78, 5) is 10.1. The zero-order valence-electron chi connectivity index (χ0n) is 18.5. The van der Waals surface area contributed by atoms with E-state index in [1.54, 1.807) is 42.2 Å². The van der Waals surface area contributed by atoms with Crippen molar-refractivity contribution in [2.75, 3.05) is 0 Å². The summed E-state index contributed by atoms with van der Waals surface area (Å²) in [5, 5.41) is 28.9. The Kier molecular flexibility index (Phi) is 5.53. The van der Waals surface area contributed by atoms with Crippen molar-refractivity contribution in [3.63, 3.8) is 0 Å². The molecule has 0 unspecified atom stereocenters. The van der Waals surface area contributed by atoms with Crippen molar-refractivity contribution < 1.29 is 19.3 Å². The quantitative estimate of drug-likeness (QED) is 0.569. The Morgan fingerprint density at radius 1 is 1.30 bits per heavy atom. The molecule has 9 nitrogen and oxygen atoms in total. The van der Waals surface area contributed by atoms with Gasteiger partial charge in [0.1, 0.15) is 17.5 Å². The lowest BCUT2D eigenvalue weighted by Crippen LogP contribution is -2.70. The third-order valence-electron chi connectivity index (χ3n) is 6.82. The van der Waals surface area contributed by atoms with Crippen LogP contribution in [-0.2, 0) is 0 Å². The molecule has 4 heterocycles. The highest BCUT2D eigenvalue weighted by Crippen LogP contribution is 2.44. The molecule has 2 aliphatic rings. The molecule has 4 atom stereocenters. The third-order valence-corrected chi connectivity index (χ3v) is 6.82. The maximum Gasteiger partial charge on any atom is 0.377 e. The highest BCUT2D eigenvalue weighted by Gasteiger charge is 2.54. The fourth-order valence-corrected chi connectivity index (χ4v) is 5.40. The van der Waals surface area contributed by atoms with Gasteiger partial charge >= 0.3 is 13.1 Å². The molecule has 1 aromatic carbocycles. The van der Waals surface area contributed by atoms with Crippen LogP contribution >= 0.6 is 0 Å². The summed E-state index contributed by atoms with van der Waals surface area (Å²) >= 11 is 0. The summed E-state index contributed by atoms with van der Waals surface area (Å²) in [6.45, 7) is 3.74. The molecule has 172 valence electrons. The predicted octanol–water partition coefficient (Wildman–Crippen LogP) is 2.64. The zero-order valence-corrected chi connectivity index (χ0v) is 18.5. The lowest BCUT2D eigenvalue weighted by atomic mass is 9.65. The fraction of sp³-hybridized carbons (Fsp3) is 0.455. The van der Waals surface area contributed by atoms with Crippen LogP contribution in [0, 0.1) is 0 Å². The number of imidazole rings is 1. The number of hydrogen-bond acceptors (Lipinski definition) is 8. The van der Waals surface area contributed by atoms with Gasteiger partial charge in [0.05, 0.1) is 18.2 Å². The van der Waals surface area contributed by atoms with Crippen LogP contribution in [0.2, 0.25) is 6.82 Å². The molecule has 5 rings (SSSR count). The van der Waals surface area contributed by atoms with E-state index in [-0.39, 0.29) is 17.3 Å². The second kappa shape index (κ2) is 8.38. The van der Waals surface area contributed by atoms with Crippen molar-refractivity contribution in [1.82, 2.24) is 29.5 Å². The first kappa shape index (κ1) is 21.8. The van der Waals surface area contributed by atoms with E-state index < -0.39 is 25.4 Å². The topological polar surface area (TPSA) is 109 Å². The Hall–Kier alpha value is -3.05. The van der Waals surface area contributed by atoms with Crippen LogP contribution in [0.25, 0.3) is 16.9 Å². The van der Waals surface area contributed by atoms with Crippen LogP contribution in [0.5, 0.6) is 11.8 Å². The van der Waals surface area contributed by atoms with Gasteiger partial charge in [-0.05, 0) is 38.7 Å². The van der Waals surface area contributed by atoms with Crippen LogP contribution in [0.1, 0.15) is 32.6 Å². The van der Waals surface area contributed by atoms with Gasteiger partial charge in [0.15, 0.2) is 6.17 Å². The fourth-order valence-electron chi connectivity index (χ4n) is 5.40. The maximum atomic E-state index is 15.3. The van der Waals surface area contributed by atoms with Crippen molar-refractivity contribution in [3.8, 4) is 28.7 Å². The number of piperidine rings is 2. The molecular weight excluding hydrogens is 426 g/mol. The average molecular weight is 452 g/mol. The molecule has 2 aliphatic heterocycles. The SMILES string of the molecule is CB(O)N1[C@@H]2CCC[C@@]1(C)C[C@H](Oc1ncc(-c3ccc(-n4ccnc4)cc3O)nn1)[C@@H]2F. The predicted molar refractivity (Wildman–Crippen MR) is 120 cm³/mol. The first-order chi connectivity index (χ1) is 15.9.